The summed E-state index contributed by atoms with van der Waals surface area (Å²) in [5, 5.41) is 3.31. The molecule has 0 aliphatic rings. The average Bonchev–Trinajstić information content (AvgIpc) is 2.96. The Bertz CT molecular complexity index is 896. The number of halogens is 2. The molecule has 2 aromatic carbocycles. The largest absolute Gasteiger partial charge is 0.341 e. The molecule has 0 fully saturated rings. The number of aromatic amines is 1. The number of hydrogen-bond donors (Lipinski definition) is 2. The Kier molecular flexibility index (Phi) is 5.31. The Morgan fingerprint density at radius 2 is 2.12 bits per heavy atom. The number of nitrogens with one attached hydrogen (secondary N) is 2. The first-order valence-electron chi connectivity index (χ1n) is 7.88. The molecule has 0 unspecified atom stereocenters. The number of amides is 1. The molecule has 0 saturated heterocycles. The minimum absolute atomic E-state index is 0.105. The van der Waals surface area contributed by atoms with Crippen molar-refractivity contribution in [3.8, 4) is 0 Å². The predicted molar refractivity (Wildman–Crippen MR) is 97.1 cm³/mol. The van der Waals surface area contributed by atoms with E-state index >= 15 is 0 Å². The van der Waals surface area contributed by atoms with Gasteiger partial charge in [-0.05, 0) is 37.4 Å². The van der Waals surface area contributed by atoms with Gasteiger partial charge in [-0.2, -0.15) is 0 Å². The third-order valence-corrected chi connectivity index (χ3v) is 4.11. The first-order valence-corrected chi connectivity index (χ1v) is 8.26. The van der Waals surface area contributed by atoms with Gasteiger partial charge in [0.2, 0.25) is 5.91 Å². The molecule has 0 aliphatic heterocycles. The van der Waals surface area contributed by atoms with Crippen LogP contribution in [0.3, 0.4) is 0 Å². The van der Waals surface area contributed by atoms with Gasteiger partial charge in [0, 0.05) is 13.0 Å². The first-order chi connectivity index (χ1) is 12.0. The summed E-state index contributed by atoms with van der Waals surface area (Å²) >= 11 is 6.02. The fraction of sp³-hybridized carbons (Fsp3) is 0.222. The van der Waals surface area contributed by atoms with Gasteiger partial charge in [-0.15, -0.1) is 0 Å². The maximum Gasteiger partial charge on any atom is 0.225 e. The van der Waals surface area contributed by atoms with Crippen LogP contribution in [-0.4, -0.2) is 34.4 Å². The number of imidazole rings is 1. The van der Waals surface area contributed by atoms with Crippen molar-refractivity contribution in [1.29, 1.82) is 0 Å². The Morgan fingerprint density at radius 1 is 1.32 bits per heavy atom. The number of para-hydroxylation sites is 1. The van der Waals surface area contributed by atoms with Crippen LogP contribution >= 0.6 is 11.6 Å². The molecule has 0 radical (unpaired) electrons. The zero-order valence-corrected chi connectivity index (χ0v) is 14.5. The van der Waals surface area contributed by atoms with Crippen LogP contribution in [0.25, 0.3) is 11.0 Å². The van der Waals surface area contributed by atoms with Crippen LogP contribution < -0.4 is 5.32 Å². The van der Waals surface area contributed by atoms with Crippen LogP contribution in [0.15, 0.2) is 42.5 Å². The molecule has 0 saturated carbocycles. The third-order valence-electron chi connectivity index (χ3n) is 3.78. The van der Waals surface area contributed by atoms with Crippen molar-refractivity contribution < 1.29 is 9.18 Å². The average molecular weight is 361 g/mol. The molecule has 1 amide bonds. The van der Waals surface area contributed by atoms with Gasteiger partial charge in [0.1, 0.15) is 11.6 Å². The molecule has 130 valence electrons. The van der Waals surface area contributed by atoms with Gasteiger partial charge in [0.05, 0.1) is 28.3 Å². The lowest BCUT2D eigenvalue weighted by molar-refractivity contribution is -0.116. The van der Waals surface area contributed by atoms with Crippen molar-refractivity contribution in [2.24, 2.45) is 0 Å². The summed E-state index contributed by atoms with van der Waals surface area (Å²) < 4.78 is 13.2. The van der Waals surface area contributed by atoms with Gasteiger partial charge in [-0.1, -0.05) is 23.7 Å². The van der Waals surface area contributed by atoms with Crippen LogP contribution in [0.1, 0.15) is 12.2 Å². The smallest absolute Gasteiger partial charge is 0.225 e. The number of anilines is 1. The Labute approximate surface area is 149 Å². The fourth-order valence-corrected chi connectivity index (χ4v) is 2.69. The minimum Gasteiger partial charge on any atom is -0.341 e. The number of rotatable bonds is 6. The van der Waals surface area contributed by atoms with E-state index in [-0.39, 0.29) is 11.7 Å². The summed E-state index contributed by atoms with van der Waals surface area (Å²) in [6.45, 7) is 1.09. The number of carbonyl (C=O) groups excluding carboxylic acids is 1. The van der Waals surface area contributed by atoms with Crippen molar-refractivity contribution in [3.63, 3.8) is 0 Å². The number of H-pyrrole nitrogens is 1. The van der Waals surface area contributed by atoms with E-state index in [1.807, 2.05) is 24.1 Å². The van der Waals surface area contributed by atoms with Crippen LogP contribution in [0, 0.1) is 5.82 Å². The van der Waals surface area contributed by atoms with Crippen molar-refractivity contribution in [3.05, 3.63) is 59.1 Å². The topological polar surface area (TPSA) is 61.0 Å². The van der Waals surface area contributed by atoms with E-state index < -0.39 is 0 Å². The summed E-state index contributed by atoms with van der Waals surface area (Å²) in [5.41, 5.74) is 2.00. The van der Waals surface area contributed by atoms with Crippen molar-refractivity contribution in [1.82, 2.24) is 14.9 Å². The van der Waals surface area contributed by atoms with Crippen molar-refractivity contribution in [2.45, 2.75) is 13.0 Å². The number of benzene rings is 2. The molecule has 25 heavy (non-hydrogen) atoms. The monoisotopic (exact) mass is 360 g/mol. The van der Waals surface area contributed by atoms with E-state index in [0.717, 1.165) is 11.3 Å². The zero-order valence-electron chi connectivity index (χ0n) is 13.7. The Balaban J connectivity index is 1.52. The quantitative estimate of drug-likeness (QED) is 0.702. The SMILES string of the molecule is CN(CCC(=O)Nc1ccccc1Cl)Cc1nc2ccc(F)cc2[nH]1. The molecule has 2 N–H and O–H groups in total. The molecular formula is C18H18ClFN4O. The maximum atomic E-state index is 13.2. The summed E-state index contributed by atoms with van der Waals surface area (Å²) in [7, 11) is 1.90. The summed E-state index contributed by atoms with van der Waals surface area (Å²) in [6, 6.07) is 11.6. The second kappa shape index (κ2) is 7.63. The molecule has 5 nitrogen and oxygen atoms in total. The molecule has 7 heteroatoms. The lowest BCUT2D eigenvalue weighted by Gasteiger charge is -2.15. The second-order valence-electron chi connectivity index (χ2n) is 5.86. The van der Waals surface area contributed by atoms with E-state index in [1.54, 1.807) is 18.2 Å². The van der Waals surface area contributed by atoms with Gasteiger partial charge in [0.25, 0.3) is 0 Å². The van der Waals surface area contributed by atoms with Crippen LogP contribution in [0.4, 0.5) is 10.1 Å². The van der Waals surface area contributed by atoms with E-state index in [9.17, 15) is 9.18 Å². The van der Waals surface area contributed by atoms with E-state index in [4.69, 9.17) is 11.6 Å². The molecule has 0 spiro atoms. The highest BCUT2D eigenvalue weighted by atomic mass is 35.5. The standard InChI is InChI=1S/C18H18ClFN4O/c1-24(9-8-18(25)23-14-5-3-2-4-13(14)19)11-17-21-15-7-6-12(20)10-16(15)22-17/h2-7,10H,8-9,11H2,1H3,(H,21,22)(H,23,25). The number of carbonyl (C=O) groups is 1. The third kappa shape index (κ3) is 4.55. The van der Waals surface area contributed by atoms with Gasteiger partial charge in [0.15, 0.2) is 0 Å². The second-order valence-corrected chi connectivity index (χ2v) is 6.27. The highest BCUT2D eigenvalue weighted by Gasteiger charge is 2.10. The van der Waals surface area contributed by atoms with E-state index in [2.05, 4.69) is 15.3 Å². The van der Waals surface area contributed by atoms with Crippen LogP contribution in [0.2, 0.25) is 5.02 Å². The molecule has 1 heterocycles. The van der Waals surface area contributed by atoms with E-state index in [1.165, 1.54) is 12.1 Å². The zero-order chi connectivity index (χ0) is 17.8. The van der Waals surface area contributed by atoms with Crippen molar-refractivity contribution >= 4 is 34.2 Å². The highest BCUT2D eigenvalue weighted by Crippen LogP contribution is 2.20. The fourth-order valence-electron chi connectivity index (χ4n) is 2.51. The van der Waals surface area contributed by atoms with Gasteiger partial charge >= 0.3 is 0 Å². The number of aromatic nitrogens is 2. The summed E-state index contributed by atoms with van der Waals surface area (Å²) in [5.74, 6) is 0.327. The Morgan fingerprint density at radius 3 is 2.92 bits per heavy atom. The van der Waals surface area contributed by atoms with Crippen LogP contribution in [0.5, 0.6) is 0 Å². The molecule has 0 bridgehead atoms. The Hall–Kier alpha value is -2.44. The number of nitrogens with zero attached hydrogens (tertiary/aromatic N) is 2. The minimum atomic E-state index is -0.299. The van der Waals surface area contributed by atoms with E-state index in [0.29, 0.717) is 35.7 Å². The van der Waals surface area contributed by atoms with Crippen LogP contribution in [-0.2, 0) is 11.3 Å². The summed E-state index contributed by atoms with van der Waals surface area (Å²) in [6.07, 6.45) is 0.330. The lowest BCUT2D eigenvalue weighted by Crippen LogP contribution is -2.24. The highest BCUT2D eigenvalue weighted by molar-refractivity contribution is 6.33. The van der Waals surface area contributed by atoms with Gasteiger partial charge in [-0.25, -0.2) is 9.37 Å². The lowest BCUT2D eigenvalue weighted by atomic mass is 10.3. The van der Waals surface area contributed by atoms with Crippen molar-refractivity contribution in [2.75, 3.05) is 18.9 Å². The normalized spacial score (nSPS) is 11.2. The predicted octanol–water partition coefficient (Wildman–Crippen LogP) is 3.82. The number of hydrogen-bond acceptors (Lipinski definition) is 3. The summed E-state index contributed by atoms with van der Waals surface area (Å²) in [4.78, 5) is 21.5. The molecular weight excluding hydrogens is 343 g/mol. The molecule has 0 aliphatic carbocycles. The van der Waals surface area contributed by atoms with Gasteiger partial charge in [-0.3, -0.25) is 9.69 Å². The first kappa shape index (κ1) is 17.4. The molecule has 3 aromatic rings. The molecule has 0 atom stereocenters. The maximum absolute atomic E-state index is 13.2. The number of fused-ring (bicyclic) bond motifs is 1. The molecule has 3 rings (SSSR count). The molecule has 1 aromatic heterocycles. The van der Waals surface area contributed by atoms with Gasteiger partial charge < -0.3 is 10.3 Å².